The molecular formula is C14H16O3. The maximum atomic E-state index is 12.1. The average Bonchev–Trinajstić information content (AvgIpc) is 2.38. The lowest BCUT2D eigenvalue weighted by Gasteiger charge is -2.36. The maximum absolute atomic E-state index is 12.1. The Morgan fingerprint density at radius 3 is 2.65 bits per heavy atom. The van der Waals surface area contributed by atoms with Crippen LogP contribution in [0.5, 0.6) is 5.75 Å². The van der Waals surface area contributed by atoms with Crippen molar-refractivity contribution in [1.82, 2.24) is 0 Å². The zero-order valence-electron chi connectivity index (χ0n) is 10.2. The van der Waals surface area contributed by atoms with Gasteiger partial charge in [-0.05, 0) is 31.0 Å². The number of hydrogen-bond acceptors (Lipinski definition) is 3. The Bertz CT molecular complexity index is 459. The SMILES string of the molecule is CCC1(CC)CC(=O)c2cc(C=O)ccc2O1. The summed E-state index contributed by atoms with van der Waals surface area (Å²) in [5.41, 5.74) is 0.681. The molecule has 17 heavy (non-hydrogen) atoms. The van der Waals surface area contributed by atoms with Crippen LogP contribution in [0, 0.1) is 0 Å². The molecule has 0 aliphatic carbocycles. The minimum atomic E-state index is -0.368. The van der Waals surface area contributed by atoms with Crippen LogP contribution < -0.4 is 4.74 Å². The highest BCUT2D eigenvalue weighted by Crippen LogP contribution is 2.37. The quantitative estimate of drug-likeness (QED) is 0.752. The Morgan fingerprint density at radius 2 is 2.06 bits per heavy atom. The predicted molar refractivity (Wildman–Crippen MR) is 64.7 cm³/mol. The average molecular weight is 232 g/mol. The summed E-state index contributed by atoms with van der Waals surface area (Å²) in [5, 5.41) is 0. The van der Waals surface area contributed by atoms with Crippen molar-refractivity contribution in [3.05, 3.63) is 29.3 Å². The lowest BCUT2D eigenvalue weighted by atomic mass is 9.85. The lowest BCUT2D eigenvalue weighted by molar-refractivity contribution is 0.0350. The van der Waals surface area contributed by atoms with Crippen molar-refractivity contribution < 1.29 is 14.3 Å². The number of aldehydes is 1. The first-order chi connectivity index (χ1) is 8.14. The Hall–Kier alpha value is -1.64. The monoisotopic (exact) mass is 232 g/mol. The van der Waals surface area contributed by atoms with Crippen LogP contribution >= 0.6 is 0 Å². The summed E-state index contributed by atoms with van der Waals surface area (Å²) >= 11 is 0. The van der Waals surface area contributed by atoms with Crippen LogP contribution in [0.2, 0.25) is 0 Å². The highest BCUT2D eigenvalue weighted by Gasteiger charge is 2.37. The first kappa shape index (κ1) is 11.8. The van der Waals surface area contributed by atoms with Crippen molar-refractivity contribution in [2.75, 3.05) is 0 Å². The zero-order chi connectivity index (χ0) is 12.5. The number of carbonyl (C=O) groups excluding carboxylic acids is 2. The summed E-state index contributed by atoms with van der Waals surface area (Å²) in [4.78, 5) is 22.8. The number of benzene rings is 1. The van der Waals surface area contributed by atoms with Crippen LogP contribution in [0.4, 0.5) is 0 Å². The topological polar surface area (TPSA) is 43.4 Å². The number of Topliss-reactive ketones (excluding diaryl/α,β-unsaturated/α-hetero) is 1. The second-order valence-electron chi connectivity index (χ2n) is 4.47. The van der Waals surface area contributed by atoms with Crippen molar-refractivity contribution in [3.63, 3.8) is 0 Å². The standard InChI is InChI=1S/C14H16O3/c1-3-14(4-2)8-12(16)11-7-10(9-15)5-6-13(11)17-14/h5-7,9H,3-4,8H2,1-2H3. The van der Waals surface area contributed by atoms with Gasteiger partial charge in [0.05, 0.1) is 12.0 Å². The van der Waals surface area contributed by atoms with Crippen molar-refractivity contribution in [3.8, 4) is 5.75 Å². The molecule has 0 saturated heterocycles. The van der Waals surface area contributed by atoms with E-state index in [4.69, 9.17) is 4.74 Å². The van der Waals surface area contributed by atoms with E-state index in [2.05, 4.69) is 0 Å². The van der Waals surface area contributed by atoms with Gasteiger partial charge in [-0.15, -0.1) is 0 Å². The largest absolute Gasteiger partial charge is 0.486 e. The van der Waals surface area contributed by atoms with Gasteiger partial charge in [0.1, 0.15) is 17.6 Å². The van der Waals surface area contributed by atoms with Crippen molar-refractivity contribution >= 4 is 12.1 Å². The summed E-state index contributed by atoms with van der Waals surface area (Å²) in [6.07, 6.45) is 2.76. The van der Waals surface area contributed by atoms with E-state index >= 15 is 0 Å². The molecule has 0 atom stereocenters. The molecule has 1 aromatic carbocycles. The third-order valence-corrected chi connectivity index (χ3v) is 3.54. The molecule has 3 nitrogen and oxygen atoms in total. The van der Waals surface area contributed by atoms with E-state index in [1.807, 2.05) is 13.8 Å². The summed E-state index contributed by atoms with van der Waals surface area (Å²) in [6.45, 7) is 4.06. The molecule has 90 valence electrons. The third kappa shape index (κ3) is 1.97. The van der Waals surface area contributed by atoms with Gasteiger partial charge in [0.2, 0.25) is 0 Å². The van der Waals surface area contributed by atoms with E-state index in [0.717, 1.165) is 19.1 Å². The first-order valence-electron chi connectivity index (χ1n) is 5.95. The van der Waals surface area contributed by atoms with Crippen molar-refractivity contribution in [1.29, 1.82) is 0 Å². The van der Waals surface area contributed by atoms with Crippen molar-refractivity contribution in [2.24, 2.45) is 0 Å². The molecule has 1 aromatic rings. The van der Waals surface area contributed by atoms with Gasteiger partial charge >= 0.3 is 0 Å². The molecule has 0 amide bonds. The highest BCUT2D eigenvalue weighted by molar-refractivity contribution is 6.01. The molecule has 0 bridgehead atoms. The molecular weight excluding hydrogens is 216 g/mol. The zero-order valence-corrected chi connectivity index (χ0v) is 10.2. The molecule has 0 radical (unpaired) electrons. The van der Waals surface area contributed by atoms with Gasteiger partial charge in [-0.3, -0.25) is 9.59 Å². The lowest BCUT2D eigenvalue weighted by Crippen LogP contribution is -2.40. The summed E-state index contributed by atoms with van der Waals surface area (Å²) < 4.78 is 5.95. The summed E-state index contributed by atoms with van der Waals surface area (Å²) in [6, 6.07) is 5.01. The van der Waals surface area contributed by atoms with E-state index in [1.54, 1.807) is 18.2 Å². The van der Waals surface area contributed by atoms with Crippen LogP contribution in [0.15, 0.2) is 18.2 Å². The second kappa shape index (κ2) is 4.32. The molecule has 0 saturated carbocycles. The van der Waals surface area contributed by atoms with E-state index in [0.29, 0.717) is 23.3 Å². The van der Waals surface area contributed by atoms with Crippen LogP contribution in [0.3, 0.4) is 0 Å². The Kier molecular flexibility index (Phi) is 3.01. The van der Waals surface area contributed by atoms with E-state index in [9.17, 15) is 9.59 Å². The fourth-order valence-electron chi connectivity index (χ4n) is 2.23. The van der Waals surface area contributed by atoms with E-state index in [1.165, 1.54) is 0 Å². The van der Waals surface area contributed by atoms with Gasteiger partial charge in [0, 0.05) is 5.56 Å². The molecule has 0 spiro atoms. The van der Waals surface area contributed by atoms with Crippen molar-refractivity contribution in [2.45, 2.75) is 38.7 Å². The Morgan fingerprint density at radius 1 is 1.35 bits per heavy atom. The minimum absolute atomic E-state index is 0.0682. The van der Waals surface area contributed by atoms with Crippen LogP contribution in [0.1, 0.15) is 53.8 Å². The second-order valence-corrected chi connectivity index (χ2v) is 4.47. The van der Waals surface area contributed by atoms with Gasteiger partial charge < -0.3 is 4.74 Å². The van der Waals surface area contributed by atoms with E-state index in [-0.39, 0.29) is 11.4 Å². The minimum Gasteiger partial charge on any atom is -0.486 e. The maximum Gasteiger partial charge on any atom is 0.170 e. The predicted octanol–water partition coefficient (Wildman–Crippen LogP) is 3.02. The number of fused-ring (bicyclic) bond motifs is 1. The van der Waals surface area contributed by atoms with Gasteiger partial charge in [-0.25, -0.2) is 0 Å². The Balaban J connectivity index is 2.44. The number of hydrogen-bond donors (Lipinski definition) is 0. The molecule has 3 heteroatoms. The molecule has 0 N–H and O–H groups in total. The Labute approximate surface area is 101 Å². The van der Waals surface area contributed by atoms with E-state index < -0.39 is 0 Å². The number of ketones is 1. The highest BCUT2D eigenvalue weighted by atomic mass is 16.5. The fraction of sp³-hybridized carbons (Fsp3) is 0.429. The first-order valence-corrected chi connectivity index (χ1v) is 5.95. The van der Waals surface area contributed by atoms with Gasteiger partial charge in [-0.1, -0.05) is 13.8 Å². The summed E-state index contributed by atoms with van der Waals surface area (Å²) in [7, 11) is 0. The molecule has 2 rings (SSSR count). The summed E-state index contributed by atoms with van der Waals surface area (Å²) in [5.74, 6) is 0.675. The van der Waals surface area contributed by atoms with Crippen LogP contribution in [0.25, 0.3) is 0 Å². The van der Waals surface area contributed by atoms with Gasteiger partial charge in [0.15, 0.2) is 5.78 Å². The number of carbonyl (C=O) groups is 2. The normalized spacial score (nSPS) is 17.2. The fourth-order valence-corrected chi connectivity index (χ4v) is 2.23. The van der Waals surface area contributed by atoms with Crippen LogP contribution in [-0.4, -0.2) is 17.7 Å². The number of rotatable bonds is 3. The smallest absolute Gasteiger partial charge is 0.170 e. The molecule has 1 aliphatic rings. The molecule has 1 aliphatic heterocycles. The molecule has 0 aromatic heterocycles. The molecule has 0 unspecified atom stereocenters. The number of ether oxygens (including phenoxy) is 1. The van der Waals surface area contributed by atoms with Crippen LogP contribution in [-0.2, 0) is 0 Å². The van der Waals surface area contributed by atoms with Gasteiger partial charge in [-0.2, -0.15) is 0 Å². The molecule has 1 heterocycles. The third-order valence-electron chi connectivity index (χ3n) is 3.54. The van der Waals surface area contributed by atoms with Gasteiger partial charge in [0.25, 0.3) is 0 Å². The molecule has 0 fully saturated rings.